The molecule has 1 aliphatic rings. The van der Waals surface area contributed by atoms with Crippen molar-refractivity contribution in [3.05, 3.63) is 35.6 Å². The normalized spacial score (nSPS) is 19.9. The summed E-state index contributed by atoms with van der Waals surface area (Å²) in [5.74, 6) is 1.51. The van der Waals surface area contributed by atoms with Crippen LogP contribution >= 0.6 is 0 Å². The van der Waals surface area contributed by atoms with Crippen molar-refractivity contribution in [2.45, 2.75) is 12.8 Å². The van der Waals surface area contributed by atoms with E-state index in [1.807, 2.05) is 33.3 Å². The van der Waals surface area contributed by atoms with Crippen molar-refractivity contribution in [3.63, 3.8) is 0 Å². The lowest BCUT2D eigenvalue weighted by molar-refractivity contribution is 0.411. The molecule has 0 aromatic heterocycles. The van der Waals surface area contributed by atoms with Crippen molar-refractivity contribution in [2.75, 3.05) is 34.2 Å². The number of guanidine groups is 1. The number of hydrogen-bond donors (Lipinski definition) is 0. The molecule has 1 fully saturated rings. The highest BCUT2D eigenvalue weighted by Gasteiger charge is 2.25. The molecule has 0 spiro atoms. The maximum Gasteiger partial charge on any atom is 0.195 e. The van der Waals surface area contributed by atoms with E-state index >= 15 is 0 Å². The minimum atomic E-state index is -0.162. The summed E-state index contributed by atoms with van der Waals surface area (Å²) in [4.78, 5) is 8.72. The second kappa shape index (κ2) is 6.04. The first-order valence-corrected chi connectivity index (χ1v) is 6.73. The molecule has 1 aromatic carbocycles. The van der Waals surface area contributed by atoms with Gasteiger partial charge in [0.1, 0.15) is 5.82 Å². The third-order valence-electron chi connectivity index (χ3n) is 3.61. The van der Waals surface area contributed by atoms with Gasteiger partial charge in [0.25, 0.3) is 0 Å². The molecule has 1 atom stereocenters. The quantitative estimate of drug-likeness (QED) is 0.602. The lowest BCUT2D eigenvalue weighted by Crippen LogP contribution is -2.39. The van der Waals surface area contributed by atoms with E-state index in [4.69, 9.17) is 0 Å². The van der Waals surface area contributed by atoms with E-state index in [-0.39, 0.29) is 5.82 Å². The highest BCUT2D eigenvalue weighted by molar-refractivity contribution is 5.79. The van der Waals surface area contributed by atoms with Gasteiger partial charge in [0.05, 0.1) is 0 Å². The fraction of sp³-hybridized carbons (Fsp3) is 0.533. The summed E-state index contributed by atoms with van der Waals surface area (Å²) in [7, 11) is 5.88. The highest BCUT2D eigenvalue weighted by atomic mass is 19.1. The number of nitrogens with zero attached hydrogens (tertiary/aromatic N) is 3. The lowest BCUT2D eigenvalue weighted by Gasteiger charge is -2.26. The van der Waals surface area contributed by atoms with Gasteiger partial charge in [0, 0.05) is 34.2 Å². The van der Waals surface area contributed by atoms with Crippen LogP contribution in [0.25, 0.3) is 0 Å². The average Bonchev–Trinajstić information content (AvgIpc) is 2.81. The molecule has 1 heterocycles. The molecular weight excluding hydrogens is 241 g/mol. The third kappa shape index (κ3) is 3.46. The van der Waals surface area contributed by atoms with Gasteiger partial charge in [-0.3, -0.25) is 4.99 Å². The predicted molar refractivity (Wildman–Crippen MR) is 76.8 cm³/mol. The maximum atomic E-state index is 12.9. The summed E-state index contributed by atoms with van der Waals surface area (Å²) < 4.78 is 12.9. The maximum absolute atomic E-state index is 12.9. The van der Waals surface area contributed by atoms with E-state index in [0.717, 1.165) is 25.5 Å². The SMILES string of the molecule is CN=C(N(C)C)N1CCC(Cc2ccc(F)cc2)C1. The molecule has 1 unspecified atom stereocenters. The zero-order chi connectivity index (χ0) is 13.8. The van der Waals surface area contributed by atoms with Gasteiger partial charge < -0.3 is 9.80 Å². The third-order valence-corrected chi connectivity index (χ3v) is 3.61. The minimum absolute atomic E-state index is 0.162. The van der Waals surface area contributed by atoms with Gasteiger partial charge in [-0.05, 0) is 36.5 Å². The van der Waals surface area contributed by atoms with Crippen molar-refractivity contribution in [2.24, 2.45) is 10.9 Å². The van der Waals surface area contributed by atoms with Crippen LogP contribution in [0.4, 0.5) is 4.39 Å². The first-order valence-electron chi connectivity index (χ1n) is 6.73. The number of halogens is 1. The largest absolute Gasteiger partial charge is 0.349 e. The number of hydrogen-bond acceptors (Lipinski definition) is 1. The summed E-state index contributed by atoms with van der Waals surface area (Å²) in [6.07, 6.45) is 2.19. The van der Waals surface area contributed by atoms with Crippen LogP contribution in [0.15, 0.2) is 29.3 Å². The van der Waals surface area contributed by atoms with Crippen LogP contribution in [0.1, 0.15) is 12.0 Å². The molecule has 4 heteroatoms. The van der Waals surface area contributed by atoms with Gasteiger partial charge in [-0.25, -0.2) is 4.39 Å². The summed E-state index contributed by atoms with van der Waals surface area (Å²) >= 11 is 0. The molecule has 1 saturated heterocycles. The molecule has 0 bridgehead atoms. The highest BCUT2D eigenvalue weighted by Crippen LogP contribution is 2.21. The van der Waals surface area contributed by atoms with Gasteiger partial charge >= 0.3 is 0 Å². The van der Waals surface area contributed by atoms with Crippen LogP contribution in [-0.4, -0.2) is 50.0 Å². The number of likely N-dealkylation sites (tertiary alicyclic amines) is 1. The first-order chi connectivity index (χ1) is 9.10. The van der Waals surface area contributed by atoms with E-state index in [9.17, 15) is 4.39 Å². The zero-order valence-electron chi connectivity index (χ0n) is 11.9. The van der Waals surface area contributed by atoms with Crippen LogP contribution in [0.3, 0.4) is 0 Å². The molecule has 0 saturated carbocycles. The van der Waals surface area contributed by atoms with Crippen molar-refractivity contribution in [1.82, 2.24) is 9.80 Å². The van der Waals surface area contributed by atoms with Crippen LogP contribution in [0, 0.1) is 11.7 Å². The van der Waals surface area contributed by atoms with E-state index in [0.29, 0.717) is 5.92 Å². The predicted octanol–water partition coefficient (Wildman–Crippen LogP) is 2.24. The second-order valence-electron chi connectivity index (χ2n) is 5.35. The topological polar surface area (TPSA) is 18.8 Å². The molecule has 2 rings (SSSR count). The average molecular weight is 263 g/mol. The number of rotatable bonds is 2. The smallest absolute Gasteiger partial charge is 0.195 e. The van der Waals surface area contributed by atoms with Crippen molar-refractivity contribution >= 4 is 5.96 Å². The van der Waals surface area contributed by atoms with Crippen molar-refractivity contribution in [1.29, 1.82) is 0 Å². The fourth-order valence-electron chi connectivity index (χ4n) is 2.76. The monoisotopic (exact) mass is 263 g/mol. The molecule has 0 aliphatic carbocycles. The molecule has 104 valence electrons. The standard InChI is InChI=1S/C15H22FN3/c1-17-15(18(2)3)19-9-8-13(11-19)10-12-4-6-14(16)7-5-12/h4-7,13H,8-11H2,1-3H3. The van der Waals surface area contributed by atoms with E-state index in [1.54, 1.807) is 12.1 Å². The minimum Gasteiger partial charge on any atom is -0.349 e. The summed E-state index contributed by atoms with van der Waals surface area (Å²) in [6, 6.07) is 6.86. The molecular formula is C15H22FN3. The van der Waals surface area contributed by atoms with E-state index < -0.39 is 0 Å². The molecule has 19 heavy (non-hydrogen) atoms. The Hall–Kier alpha value is -1.58. The number of aliphatic imine (C=N–C) groups is 1. The van der Waals surface area contributed by atoms with Crippen LogP contribution in [-0.2, 0) is 6.42 Å². The Morgan fingerprint density at radius 2 is 2.05 bits per heavy atom. The van der Waals surface area contributed by atoms with Crippen molar-refractivity contribution < 1.29 is 4.39 Å². The molecule has 0 N–H and O–H groups in total. The van der Waals surface area contributed by atoms with Gasteiger partial charge in [-0.1, -0.05) is 12.1 Å². The van der Waals surface area contributed by atoms with Gasteiger partial charge in [-0.2, -0.15) is 0 Å². The van der Waals surface area contributed by atoms with Crippen molar-refractivity contribution in [3.8, 4) is 0 Å². The van der Waals surface area contributed by atoms with E-state index in [1.165, 1.54) is 12.0 Å². The molecule has 3 nitrogen and oxygen atoms in total. The van der Waals surface area contributed by atoms with Crippen LogP contribution < -0.4 is 0 Å². The lowest BCUT2D eigenvalue weighted by atomic mass is 9.99. The summed E-state index contributed by atoms with van der Waals surface area (Å²) in [5.41, 5.74) is 1.22. The Balaban J connectivity index is 1.93. The fourth-order valence-corrected chi connectivity index (χ4v) is 2.76. The second-order valence-corrected chi connectivity index (χ2v) is 5.35. The summed E-state index contributed by atoms with van der Waals surface area (Å²) in [5, 5.41) is 0. The van der Waals surface area contributed by atoms with Gasteiger partial charge in [0.15, 0.2) is 5.96 Å². The Labute approximate surface area is 114 Å². The Kier molecular flexibility index (Phi) is 4.40. The summed E-state index contributed by atoms with van der Waals surface area (Å²) in [6.45, 7) is 2.08. The molecule has 1 aliphatic heterocycles. The molecule has 0 amide bonds. The molecule has 1 aromatic rings. The van der Waals surface area contributed by atoms with Gasteiger partial charge in [0.2, 0.25) is 0 Å². The Bertz CT molecular complexity index is 439. The Morgan fingerprint density at radius 3 is 2.63 bits per heavy atom. The zero-order valence-corrected chi connectivity index (χ0v) is 11.9. The Morgan fingerprint density at radius 1 is 1.37 bits per heavy atom. The van der Waals surface area contributed by atoms with Crippen LogP contribution in [0.2, 0.25) is 0 Å². The first kappa shape index (κ1) is 13.8. The van der Waals surface area contributed by atoms with Gasteiger partial charge in [-0.15, -0.1) is 0 Å². The van der Waals surface area contributed by atoms with Crippen LogP contribution in [0.5, 0.6) is 0 Å². The number of benzene rings is 1. The van der Waals surface area contributed by atoms with E-state index in [2.05, 4.69) is 14.8 Å². The molecule has 0 radical (unpaired) electrons.